The molecule has 0 rings (SSSR count). The second-order valence-corrected chi connectivity index (χ2v) is 5.81. The molecule has 6 nitrogen and oxygen atoms in total. The number of carboxylic acids is 1. The van der Waals surface area contributed by atoms with Gasteiger partial charge in [-0.1, -0.05) is 13.8 Å². The number of rotatable bonds is 5. The maximum atomic E-state index is 11.8. The number of imide groups is 1. The minimum Gasteiger partial charge on any atom is -0.481 e. The molecule has 0 aromatic carbocycles. The summed E-state index contributed by atoms with van der Waals surface area (Å²) in [4.78, 5) is 35.8. The average Bonchev–Trinajstić information content (AvgIpc) is 2.25. The first kappa shape index (κ1) is 17.4. The highest BCUT2D eigenvalue weighted by Crippen LogP contribution is 2.20. The lowest BCUT2D eigenvalue weighted by atomic mass is 9.89. The minimum absolute atomic E-state index is 0.0136. The lowest BCUT2D eigenvalue weighted by Gasteiger charge is -2.28. The van der Waals surface area contributed by atoms with Gasteiger partial charge in [0.15, 0.2) is 0 Å². The molecule has 3 amide bonds. The summed E-state index contributed by atoms with van der Waals surface area (Å²) in [6, 6.07) is -0.521. The van der Waals surface area contributed by atoms with Gasteiger partial charge in [0, 0.05) is 19.5 Å². The van der Waals surface area contributed by atoms with E-state index < -0.39 is 23.3 Å². The molecule has 6 heteroatoms. The number of amides is 3. The molecule has 1 unspecified atom stereocenters. The Morgan fingerprint density at radius 2 is 1.68 bits per heavy atom. The summed E-state index contributed by atoms with van der Waals surface area (Å²) >= 11 is 0. The first-order valence-corrected chi connectivity index (χ1v) is 6.29. The van der Waals surface area contributed by atoms with Crippen LogP contribution in [-0.4, -0.2) is 41.0 Å². The Bertz CT molecular complexity index is 364. The largest absolute Gasteiger partial charge is 0.481 e. The summed E-state index contributed by atoms with van der Waals surface area (Å²) < 4.78 is 0. The van der Waals surface area contributed by atoms with Crippen LogP contribution in [0.2, 0.25) is 0 Å². The highest BCUT2D eigenvalue weighted by atomic mass is 16.4. The maximum Gasteiger partial charge on any atom is 0.324 e. The van der Waals surface area contributed by atoms with Crippen LogP contribution in [0.25, 0.3) is 0 Å². The maximum absolute atomic E-state index is 11.8. The molecule has 0 saturated heterocycles. The van der Waals surface area contributed by atoms with Crippen LogP contribution in [0.1, 0.15) is 41.0 Å². The van der Waals surface area contributed by atoms with Crippen molar-refractivity contribution < 1.29 is 19.5 Å². The number of nitrogens with one attached hydrogen (secondary N) is 1. The number of carbonyl (C=O) groups is 3. The van der Waals surface area contributed by atoms with Gasteiger partial charge < -0.3 is 10.0 Å². The molecule has 0 aliphatic rings. The van der Waals surface area contributed by atoms with Crippen LogP contribution in [-0.2, 0) is 9.59 Å². The van der Waals surface area contributed by atoms with Crippen molar-refractivity contribution in [3.8, 4) is 0 Å². The Balaban J connectivity index is 4.50. The third-order valence-electron chi connectivity index (χ3n) is 3.32. The summed E-state index contributed by atoms with van der Waals surface area (Å²) in [5, 5.41) is 11.1. The van der Waals surface area contributed by atoms with E-state index in [0.717, 1.165) is 0 Å². The Kier molecular flexibility index (Phi) is 5.99. The number of hydrogen-bond donors (Lipinski definition) is 2. The summed E-state index contributed by atoms with van der Waals surface area (Å²) in [7, 11) is 1.61. The standard InChI is InChI=1S/C13H24N2O4/c1-8(2)9(3)15(6)12(19)14-10(16)7-13(4,5)11(17)18/h8-9H,7H2,1-6H3,(H,17,18)(H,14,16,19). The Morgan fingerprint density at radius 3 is 2.05 bits per heavy atom. The van der Waals surface area contributed by atoms with Gasteiger partial charge in [-0.15, -0.1) is 0 Å². The van der Waals surface area contributed by atoms with Crippen LogP contribution < -0.4 is 5.32 Å². The molecule has 0 spiro atoms. The molecule has 0 fully saturated rings. The number of nitrogens with zero attached hydrogens (tertiary/aromatic N) is 1. The molecule has 1 atom stereocenters. The van der Waals surface area contributed by atoms with Crippen molar-refractivity contribution in [3.05, 3.63) is 0 Å². The Hall–Kier alpha value is -1.59. The van der Waals surface area contributed by atoms with E-state index in [-0.39, 0.29) is 18.4 Å². The van der Waals surface area contributed by atoms with Crippen molar-refractivity contribution >= 4 is 17.9 Å². The Morgan fingerprint density at radius 1 is 1.21 bits per heavy atom. The molecule has 110 valence electrons. The molecule has 19 heavy (non-hydrogen) atoms. The Labute approximate surface area is 114 Å². The fourth-order valence-electron chi connectivity index (χ4n) is 1.36. The van der Waals surface area contributed by atoms with E-state index in [1.165, 1.54) is 18.7 Å². The van der Waals surface area contributed by atoms with Crippen molar-refractivity contribution in [2.45, 2.75) is 47.1 Å². The lowest BCUT2D eigenvalue weighted by Crippen LogP contribution is -2.47. The lowest BCUT2D eigenvalue weighted by molar-refractivity contribution is -0.149. The SMILES string of the molecule is CC(C)C(C)N(C)C(=O)NC(=O)CC(C)(C)C(=O)O. The molecule has 0 bridgehead atoms. The zero-order chi connectivity index (χ0) is 15.4. The highest BCUT2D eigenvalue weighted by molar-refractivity contribution is 5.96. The summed E-state index contributed by atoms with van der Waals surface area (Å²) in [6.07, 6.45) is -0.238. The van der Waals surface area contributed by atoms with E-state index >= 15 is 0 Å². The molecule has 2 N–H and O–H groups in total. The van der Waals surface area contributed by atoms with Gasteiger partial charge in [0.05, 0.1) is 5.41 Å². The van der Waals surface area contributed by atoms with Crippen molar-refractivity contribution in [1.29, 1.82) is 0 Å². The van der Waals surface area contributed by atoms with Crippen molar-refractivity contribution in [2.75, 3.05) is 7.05 Å². The van der Waals surface area contributed by atoms with Crippen LogP contribution in [0.5, 0.6) is 0 Å². The number of carboxylic acid groups (broad SMARTS) is 1. The first-order valence-electron chi connectivity index (χ1n) is 6.29. The van der Waals surface area contributed by atoms with Crippen LogP contribution in [0, 0.1) is 11.3 Å². The number of urea groups is 1. The van der Waals surface area contributed by atoms with Crippen molar-refractivity contribution in [2.24, 2.45) is 11.3 Å². The summed E-state index contributed by atoms with van der Waals surface area (Å²) in [6.45, 7) is 8.73. The monoisotopic (exact) mass is 272 g/mol. The van der Waals surface area contributed by atoms with E-state index in [1.807, 2.05) is 20.8 Å². The molecular formula is C13H24N2O4. The summed E-state index contributed by atoms with van der Waals surface area (Å²) in [5.74, 6) is -1.39. The number of hydrogen-bond acceptors (Lipinski definition) is 3. The molecule has 0 aromatic heterocycles. The quantitative estimate of drug-likeness (QED) is 0.797. The number of aliphatic carboxylic acids is 1. The minimum atomic E-state index is -1.19. The van der Waals surface area contributed by atoms with Crippen molar-refractivity contribution in [3.63, 3.8) is 0 Å². The van der Waals surface area contributed by atoms with Gasteiger partial charge in [0.2, 0.25) is 5.91 Å². The van der Waals surface area contributed by atoms with Gasteiger partial charge in [-0.05, 0) is 26.7 Å². The zero-order valence-corrected chi connectivity index (χ0v) is 12.5. The first-order chi connectivity index (χ1) is 8.49. The van der Waals surface area contributed by atoms with E-state index in [2.05, 4.69) is 5.32 Å². The van der Waals surface area contributed by atoms with Crippen LogP contribution in [0.15, 0.2) is 0 Å². The third-order valence-corrected chi connectivity index (χ3v) is 3.32. The molecule has 0 aliphatic carbocycles. The van der Waals surface area contributed by atoms with Gasteiger partial charge in [0.1, 0.15) is 0 Å². The predicted molar refractivity (Wildman–Crippen MR) is 71.6 cm³/mol. The van der Waals surface area contributed by atoms with Crippen LogP contribution in [0.3, 0.4) is 0 Å². The molecule has 0 aromatic rings. The number of carbonyl (C=O) groups excluding carboxylic acids is 2. The third kappa shape index (κ3) is 5.28. The normalized spacial score (nSPS) is 13.0. The van der Waals surface area contributed by atoms with Gasteiger partial charge in [0.25, 0.3) is 0 Å². The fraction of sp³-hybridized carbons (Fsp3) is 0.769. The van der Waals surface area contributed by atoms with E-state index in [1.54, 1.807) is 7.05 Å². The van der Waals surface area contributed by atoms with Gasteiger partial charge in [-0.3, -0.25) is 14.9 Å². The molecular weight excluding hydrogens is 248 g/mol. The smallest absolute Gasteiger partial charge is 0.324 e. The van der Waals surface area contributed by atoms with Gasteiger partial charge in [-0.2, -0.15) is 0 Å². The topological polar surface area (TPSA) is 86.7 Å². The molecule has 0 heterocycles. The van der Waals surface area contributed by atoms with Gasteiger partial charge >= 0.3 is 12.0 Å². The second-order valence-electron chi connectivity index (χ2n) is 5.81. The molecule has 0 radical (unpaired) electrons. The fourth-order valence-corrected chi connectivity index (χ4v) is 1.36. The summed E-state index contributed by atoms with van der Waals surface area (Å²) in [5.41, 5.74) is -1.19. The van der Waals surface area contributed by atoms with E-state index in [9.17, 15) is 14.4 Å². The molecule has 0 saturated carbocycles. The highest BCUT2D eigenvalue weighted by Gasteiger charge is 2.31. The van der Waals surface area contributed by atoms with Crippen LogP contribution in [0.4, 0.5) is 4.79 Å². The second kappa shape index (κ2) is 6.54. The van der Waals surface area contributed by atoms with E-state index in [0.29, 0.717) is 0 Å². The van der Waals surface area contributed by atoms with Crippen molar-refractivity contribution in [1.82, 2.24) is 10.2 Å². The average molecular weight is 272 g/mol. The zero-order valence-electron chi connectivity index (χ0n) is 12.5. The van der Waals surface area contributed by atoms with Crippen LogP contribution >= 0.6 is 0 Å². The predicted octanol–water partition coefficient (Wildman–Crippen LogP) is 1.70. The molecule has 0 aliphatic heterocycles. The van der Waals surface area contributed by atoms with Gasteiger partial charge in [-0.25, -0.2) is 4.79 Å². The van der Waals surface area contributed by atoms with E-state index in [4.69, 9.17) is 5.11 Å².